The second-order valence-electron chi connectivity index (χ2n) is 9.15. The summed E-state index contributed by atoms with van der Waals surface area (Å²) in [6.07, 6.45) is 1.19. The van der Waals surface area contributed by atoms with Gasteiger partial charge in [0, 0.05) is 46.1 Å². The Kier molecular flexibility index (Phi) is 4.14. The van der Waals surface area contributed by atoms with Gasteiger partial charge in [-0.15, -0.1) is 0 Å². The summed E-state index contributed by atoms with van der Waals surface area (Å²) in [7, 11) is 2.01. The second-order valence-corrected chi connectivity index (χ2v) is 9.15. The van der Waals surface area contributed by atoms with Gasteiger partial charge >= 0.3 is 5.97 Å². The van der Waals surface area contributed by atoms with Gasteiger partial charge in [0.05, 0.1) is 17.9 Å². The first-order valence-corrected chi connectivity index (χ1v) is 11.7. The van der Waals surface area contributed by atoms with Crippen LogP contribution in [0.2, 0.25) is 0 Å². The van der Waals surface area contributed by atoms with Crippen molar-refractivity contribution in [3.05, 3.63) is 90.5 Å². The maximum atomic E-state index is 11.5. The Hall–Kier alpha value is -4.16. The second kappa shape index (κ2) is 7.17. The highest BCUT2D eigenvalue weighted by Gasteiger charge is 2.58. The number of carbonyl (C=O) groups is 1. The minimum absolute atomic E-state index is 0.290. The lowest BCUT2D eigenvalue weighted by Gasteiger charge is -2.40. The molecule has 1 fully saturated rings. The van der Waals surface area contributed by atoms with Gasteiger partial charge in [0.25, 0.3) is 0 Å². The van der Waals surface area contributed by atoms with E-state index in [2.05, 4.69) is 83.1 Å². The minimum atomic E-state index is -0.552. The van der Waals surface area contributed by atoms with Crippen molar-refractivity contribution in [1.82, 2.24) is 0 Å². The van der Waals surface area contributed by atoms with Crippen molar-refractivity contribution in [3.8, 4) is 0 Å². The molecule has 1 spiro atoms. The van der Waals surface area contributed by atoms with E-state index in [9.17, 15) is 4.79 Å². The zero-order valence-corrected chi connectivity index (χ0v) is 19.3. The first kappa shape index (κ1) is 20.2. The van der Waals surface area contributed by atoms with E-state index in [1.54, 1.807) is 0 Å². The number of hydrogen-bond donors (Lipinski definition) is 0. The monoisotopic (exact) mass is 461 g/mol. The molecule has 0 amide bonds. The van der Waals surface area contributed by atoms with Crippen molar-refractivity contribution in [3.63, 3.8) is 0 Å². The topological polar surface area (TPSA) is 57.7 Å². The van der Waals surface area contributed by atoms with E-state index in [-0.39, 0.29) is 0 Å². The van der Waals surface area contributed by atoms with Crippen molar-refractivity contribution < 1.29 is 14.3 Å². The lowest BCUT2D eigenvalue weighted by Crippen LogP contribution is -2.46. The largest absolute Gasteiger partial charge is 0.461 e. The number of ether oxygens (including phenoxy) is 2. The van der Waals surface area contributed by atoms with E-state index in [1.165, 1.54) is 16.8 Å². The lowest BCUT2D eigenvalue weighted by molar-refractivity contribution is -0.137. The summed E-state index contributed by atoms with van der Waals surface area (Å²) in [5, 5.41) is 4.64. The molecule has 3 heterocycles. The van der Waals surface area contributed by atoms with Crippen molar-refractivity contribution in [2.45, 2.75) is 5.72 Å². The zero-order valence-electron chi connectivity index (χ0n) is 19.3. The summed E-state index contributed by atoms with van der Waals surface area (Å²) in [5.41, 5.74) is 4.89. The molecule has 3 aliphatic rings. The van der Waals surface area contributed by atoms with Crippen LogP contribution < -0.4 is 9.80 Å². The quantitative estimate of drug-likeness (QED) is 0.231. The Balaban J connectivity index is 1.41. The van der Waals surface area contributed by atoms with Gasteiger partial charge in [-0.1, -0.05) is 49.0 Å². The van der Waals surface area contributed by atoms with Gasteiger partial charge in [-0.2, -0.15) is 0 Å². The van der Waals surface area contributed by atoms with Crippen LogP contribution >= 0.6 is 0 Å². The van der Waals surface area contributed by atoms with Crippen LogP contribution in [-0.4, -0.2) is 38.6 Å². The Morgan fingerprint density at radius 1 is 1.14 bits per heavy atom. The summed E-state index contributed by atoms with van der Waals surface area (Å²) in [5.74, 6) is 0.514. The van der Waals surface area contributed by atoms with Crippen LogP contribution in [-0.2, 0) is 20.0 Å². The first-order chi connectivity index (χ1) is 17.1. The fourth-order valence-corrected chi connectivity index (χ4v) is 5.58. The molecule has 1 saturated heterocycles. The normalized spacial score (nSPS) is 18.9. The Bertz CT molecular complexity index is 1600. The molecule has 4 aromatic carbocycles. The van der Waals surface area contributed by atoms with Crippen LogP contribution in [0.5, 0.6) is 0 Å². The van der Waals surface area contributed by atoms with E-state index in [1.807, 2.05) is 7.05 Å². The summed E-state index contributed by atoms with van der Waals surface area (Å²) in [6.45, 7) is 4.93. The molecule has 0 aliphatic carbocycles. The number of nitrogens with zero attached hydrogens (tertiary/aromatic N) is 3. The van der Waals surface area contributed by atoms with Crippen LogP contribution in [0.25, 0.3) is 21.5 Å². The molecule has 0 bridgehead atoms. The van der Waals surface area contributed by atoms with Crippen molar-refractivity contribution in [2.24, 2.45) is 4.99 Å². The summed E-state index contributed by atoms with van der Waals surface area (Å²) in [6, 6.07) is 23.4. The molecule has 1 unspecified atom stereocenters. The van der Waals surface area contributed by atoms with Crippen LogP contribution in [0.15, 0.2) is 84.4 Å². The average molecular weight is 462 g/mol. The van der Waals surface area contributed by atoms with E-state index in [0.717, 1.165) is 44.8 Å². The third kappa shape index (κ3) is 2.74. The molecule has 6 nitrogen and oxygen atoms in total. The number of epoxide rings is 1. The number of carbonyl (C=O) groups excluding carboxylic acids is 1. The van der Waals surface area contributed by atoms with Gasteiger partial charge in [0.2, 0.25) is 0 Å². The number of anilines is 2. The molecule has 0 aromatic heterocycles. The predicted molar refractivity (Wildman–Crippen MR) is 139 cm³/mol. The zero-order chi connectivity index (χ0) is 23.7. The average Bonchev–Trinajstić information content (AvgIpc) is 3.68. The van der Waals surface area contributed by atoms with E-state index >= 15 is 0 Å². The number of likely N-dealkylation sites (N-methyl/N-ethyl adjacent to an activating group) is 1. The summed E-state index contributed by atoms with van der Waals surface area (Å²) >= 11 is 0. The van der Waals surface area contributed by atoms with Crippen molar-refractivity contribution in [1.29, 1.82) is 0 Å². The Labute approximate surface area is 202 Å². The molecule has 0 saturated carbocycles. The van der Waals surface area contributed by atoms with Crippen LogP contribution in [0.3, 0.4) is 0 Å². The fourth-order valence-electron chi connectivity index (χ4n) is 5.58. The third-order valence-corrected chi connectivity index (χ3v) is 7.25. The molecule has 6 heteroatoms. The summed E-state index contributed by atoms with van der Waals surface area (Å²) < 4.78 is 11.5. The number of amidine groups is 1. The molecular weight excluding hydrogens is 438 g/mol. The molecule has 172 valence electrons. The molecule has 0 radical (unpaired) electrons. The van der Waals surface area contributed by atoms with Crippen LogP contribution in [0.4, 0.5) is 17.1 Å². The number of aliphatic imine (C=N–C) groups is 1. The Morgan fingerprint density at radius 3 is 2.74 bits per heavy atom. The van der Waals surface area contributed by atoms with E-state index in [0.29, 0.717) is 19.8 Å². The van der Waals surface area contributed by atoms with Crippen LogP contribution in [0, 0.1) is 0 Å². The third-order valence-electron chi connectivity index (χ3n) is 7.25. The van der Waals surface area contributed by atoms with Crippen LogP contribution in [0.1, 0.15) is 11.1 Å². The maximum absolute atomic E-state index is 11.5. The van der Waals surface area contributed by atoms with Gasteiger partial charge in [-0.05, 0) is 29.7 Å². The predicted octanol–water partition coefficient (Wildman–Crippen LogP) is 5.25. The van der Waals surface area contributed by atoms with Gasteiger partial charge in [0.1, 0.15) is 19.0 Å². The molecule has 3 aliphatic heterocycles. The number of fused-ring (bicyclic) bond motifs is 5. The highest BCUT2D eigenvalue weighted by atomic mass is 16.6. The van der Waals surface area contributed by atoms with Gasteiger partial charge < -0.3 is 14.4 Å². The maximum Gasteiger partial charge on any atom is 0.330 e. The number of rotatable bonds is 5. The fraction of sp³-hybridized carbons (Fsp3) is 0.172. The Morgan fingerprint density at radius 2 is 1.94 bits per heavy atom. The SMILES string of the molecule is C=CC(=O)OCCN(C)c1ccc2c3c(cccc13)C1(CO1)N1C2=Nc2cccc3cccc1c23. The molecule has 7 rings (SSSR count). The number of hydrogen-bond acceptors (Lipinski definition) is 6. The molecular formula is C29H23N3O3. The van der Waals surface area contributed by atoms with Gasteiger partial charge in [-0.25, -0.2) is 9.79 Å². The molecule has 1 atom stereocenters. The van der Waals surface area contributed by atoms with Crippen molar-refractivity contribution >= 4 is 50.4 Å². The highest BCUT2D eigenvalue weighted by Crippen LogP contribution is 2.56. The smallest absolute Gasteiger partial charge is 0.330 e. The molecule has 0 N–H and O–H groups in total. The van der Waals surface area contributed by atoms with Crippen molar-refractivity contribution in [2.75, 3.05) is 36.6 Å². The molecule has 4 aromatic rings. The number of esters is 1. The minimum Gasteiger partial charge on any atom is -0.461 e. The van der Waals surface area contributed by atoms with E-state index in [4.69, 9.17) is 14.5 Å². The highest BCUT2D eigenvalue weighted by molar-refractivity contribution is 6.27. The molecule has 35 heavy (non-hydrogen) atoms. The van der Waals surface area contributed by atoms with E-state index < -0.39 is 11.7 Å². The lowest BCUT2D eigenvalue weighted by atomic mass is 9.86. The van der Waals surface area contributed by atoms with Gasteiger partial charge in [-0.3, -0.25) is 4.90 Å². The standard InChI is InChI=1S/C29H23N3O3/c1-3-25(33)34-16-15-31(2)23-14-13-20-27-19(23)9-6-10-21(27)29(17-35-29)32-24-12-5-8-18-7-4-11-22(26(18)24)30-28(20)32/h3-14H,1,15-17H2,2H3. The van der Waals surface area contributed by atoms with Gasteiger partial charge in [0.15, 0.2) is 5.72 Å². The number of benzene rings is 4. The first-order valence-electron chi connectivity index (χ1n) is 11.7. The summed E-state index contributed by atoms with van der Waals surface area (Å²) in [4.78, 5) is 21.0.